The number of hydrogen-bond acceptors (Lipinski definition) is 6. The van der Waals surface area contributed by atoms with Gasteiger partial charge in [0.1, 0.15) is 24.2 Å². The Morgan fingerprint density at radius 2 is 1.51 bits per heavy atom. The monoisotopic (exact) mass is 628 g/mol. The average Bonchev–Trinajstić information content (AvgIpc) is 3.71. The predicted molar refractivity (Wildman–Crippen MR) is 181 cm³/mol. The molecule has 1 aliphatic carbocycles. The van der Waals surface area contributed by atoms with Crippen LogP contribution in [-0.2, 0) is 6.42 Å². The van der Waals surface area contributed by atoms with Crippen LogP contribution in [0.2, 0.25) is 0 Å². The van der Waals surface area contributed by atoms with Gasteiger partial charge >= 0.3 is 0 Å². The van der Waals surface area contributed by atoms with Crippen LogP contribution in [0.5, 0.6) is 17.2 Å². The Balaban J connectivity index is 1.08. The first-order valence-electron chi connectivity index (χ1n) is 17.0. The van der Waals surface area contributed by atoms with E-state index < -0.39 is 5.82 Å². The van der Waals surface area contributed by atoms with Gasteiger partial charge in [-0.25, -0.2) is 4.39 Å². The molecule has 45 heavy (non-hydrogen) atoms. The van der Waals surface area contributed by atoms with Gasteiger partial charge in [-0.2, -0.15) is 0 Å². The zero-order chi connectivity index (χ0) is 30.6. The molecule has 1 aromatic heterocycles. The van der Waals surface area contributed by atoms with Crippen LogP contribution in [0, 0.1) is 5.82 Å². The number of thiophene rings is 1. The van der Waals surface area contributed by atoms with Crippen molar-refractivity contribution >= 4 is 21.4 Å². The second-order valence-corrected chi connectivity index (χ2v) is 14.1. The molecule has 5 nitrogen and oxygen atoms in total. The van der Waals surface area contributed by atoms with Gasteiger partial charge in [-0.3, -0.25) is 9.80 Å². The van der Waals surface area contributed by atoms with E-state index in [0.29, 0.717) is 19.1 Å². The van der Waals surface area contributed by atoms with Gasteiger partial charge in [0.25, 0.3) is 0 Å². The summed E-state index contributed by atoms with van der Waals surface area (Å²) in [5, 5.41) is 11.0. The number of benzene rings is 3. The van der Waals surface area contributed by atoms with Crippen LogP contribution in [0.3, 0.4) is 0 Å². The molecule has 2 aliphatic heterocycles. The standard InChI is InChI=1S/C38H45FN2O3S/c39-33-25-31-32(24-27-10-14-30(15-11-27)44-36-9-3-2-8-34(36)41-20-4-1-5-21-41)38(45-37(31)26-35(33)42)28-12-16-29(17-13-28)43-23-22-40-18-6-7-19-40/h10-17,25-26,34,36,42H,1-9,18-24H2/t34?,36-/m1/s1. The number of ether oxygens (including phenoxy) is 2. The summed E-state index contributed by atoms with van der Waals surface area (Å²) in [7, 11) is 0. The summed E-state index contributed by atoms with van der Waals surface area (Å²) in [5.74, 6) is 0.893. The smallest absolute Gasteiger partial charge is 0.165 e. The zero-order valence-electron chi connectivity index (χ0n) is 26.2. The molecule has 238 valence electrons. The van der Waals surface area contributed by atoms with Crippen molar-refractivity contribution in [1.29, 1.82) is 0 Å². The molecule has 3 aromatic carbocycles. The molecule has 2 saturated heterocycles. The molecule has 2 atom stereocenters. The van der Waals surface area contributed by atoms with Gasteiger partial charge in [0.2, 0.25) is 0 Å². The van der Waals surface area contributed by atoms with E-state index in [9.17, 15) is 9.50 Å². The van der Waals surface area contributed by atoms with Gasteiger partial charge in [0.05, 0.1) is 0 Å². The predicted octanol–water partition coefficient (Wildman–Crippen LogP) is 8.65. The molecule has 0 radical (unpaired) electrons. The van der Waals surface area contributed by atoms with E-state index in [-0.39, 0.29) is 11.9 Å². The molecule has 3 fully saturated rings. The number of nitrogens with zero attached hydrogens (tertiary/aromatic N) is 2. The van der Waals surface area contributed by atoms with E-state index in [2.05, 4.69) is 46.2 Å². The van der Waals surface area contributed by atoms with Crippen LogP contribution in [0.15, 0.2) is 60.7 Å². The molecule has 1 unspecified atom stereocenters. The van der Waals surface area contributed by atoms with Crippen molar-refractivity contribution in [3.63, 3.8) is 0 Å². The first-order chi connectivity index (χ1) is 22.1. The number of rotatable bonds is 10. The fourth-order valence-electron chi connectivity index (χ4n) is 7.51. The number of fused-ring (bicyclic) bond motifs is 1. The van der Waals surface area contributed by atoms with E-state index in [1.165, 1.54) is 83.6 Å². The topological polar surface area (TPSA) is 45.2 Å². The summed E-state index contributed by atoms with van der Waals surface area (Å²) in [6.07, 6.45) is 12.3. The van der Waals surface area contributed by atoms with Gasteiger partial charge in [-0.1, -0.05) is 25.0 Å². The molecule has 3 heterocycles. The van der Waals surface area contributed by atoms with Gasteiger partial charge in [-0.15, -0.1) is 11.3 Å². The minimum Gasteiger partial charge on any atom is -0.505 e. The summed E-state index contributed by atoms with van der Waals surface area (Å²) in [4.78, 5) is 6.22. The molecule has 4 aromatic rings. The van der Waals surface area contributed by atoms with Crippen molar-refractivity contribution in [3.8, 4) is 27.7 Å². The van der Waals surface area contributed by atoms with Crippen molar-refractivity contribution in [2.45, 2.75) is 76.4 Å². The van der Waals surface area contributed by atoms with Crippen LogP contribution < -0.4 is 9.47 Å². The lowest BCUT2D eigenvalue weighted by atomic mass is 9.90. The highest BCUT2D eigenvalue weighted by Crippen LogP contribution is 2.42. The number of aromatic hydroxyl groups is 1. The Labute approximate surface area is 270 Å². The van der Waals surface area contributed by atoms with E-state index in [0.717, 1.165) is 56.1 Å². The van der Waals surface area contributed by atoms with Crippen molar-refractivity contribution < 1.29 is 19.0 Å². The molecule has 1 saturated carbocycles. The molecular formula is C38H45FN2O3S. The van der Waals surface area contributed by atoms with Crippen molar-refractivity contribution in [2.75, 3.05) is 39.3 Å². The Morgan fingerprint density at radius 1 is 0.800 bits per heavy atom. The van der Waals surface area contributed by atoms with Crippen molar-refractivity contribution in [2.24, 2.45) is 0 Å². The third-order valence-electron chi connectivity index (χ3n) is 9.97. The maximum absolute atomic E-state index is 14.6. The second kappa shape index (κ2) is 14.1. The molecule has 1 N–H and O–H groups in total. The van der Waals surface area contributed by atoms with Crippen molar-refractivity contribution in [1.82, 2.24) is 9.80 Å². The van der Waals surface area contributed by atoms with Crippen LogP contribution >= 0.6 is 11.3 Å². The SMILES string of the molecule is Oc1cc2sc(-c3ccc(OCCN4CCCC4)cc3)c(Cc3ccc(O[C@@H]4CCCCC4N4CCCCC4)cc3)c2cc1F. The number of halogens is 1. The fourth-order valence-corrected chi connectivity index (χ4v) is 8.76. The number of piperidine rings is 1. The number of hydrogen-bond donors (Lipinski definition) is 1. The highest BCUT2D eigenvalue weighted by Gasteiger charge is 2.32. The molecule has 0 amide bonds. The van der Waals surface area contributed by atoms with Gasteiger partial charge in [0.15, 0.2) is 11.6 Å². The molecule has 3 aliphatic rings. The van der Waals surface area contributed by atoms with E-state index in [4.69, 9.17) is 9.47 Å². The zero-order valence-corrected chi connectivity index (χ0v) is 27.0. The number of phenolic OH excluding ortho intramolecular Hbond substituents is 1. The number of phenols is 1. The minimum atomic E-state index is -0.589. The lowest BCUT2D eigenvalue weighted by Crippen LogP contribution is -2.49. The molecular weight excluding hydrogens is 583 g/mol. The Kier molecular flexibility index (Phi) is 9.57. The third kappa shape index (κ3) is 7.16. The Bertz CT molecular complexity index is 1560. The highest BCUT2D eigenvalue weighted by atomic mass is 32.1. The first-order valence-corrected chi connectivity index (χ1v) is 17.8. The van der Waals surface area contributed by atoms with Crippen LogP contribution in [0.1, 0.15) is 68.9 Å². The summed E-state index contributed by atoms with van der Waals surface area (Å²) < 4.78 is 28.2. The highest BCUT2D eigenvalue weighted by molar-refractivity contribution is 7.22. The maximum atomic E-state index is 14.6. The van der Waals surface area contributed by atoms with E-state index >= 15 is 0 Å². The lowest BCUT2D eigenvalue weighted by Gasteiger charge is -2.41. The molecule has 7 rings (SSSR count). The maximum Gasteiger partial charge on any atom is 0.165 e. The minimum absolute atomic E-state index is 0.248. The first kappa shape index (κ1) is 30.5. The molecule has 0 bridgehead atoms. The fraction of sp³-hybridized carbons (Fsp3) is 0.474. The normalized spacial score (nSPS) is 21.4. The van der Waals surface area contributed by atoms with E-state index in [1.54, 1.807) is 17.4 Å². The largest absolute Gasteiger partial charge is 0.505 e. The third-order valence-corrected chi connectivity index (χ3v) is 11.2. The summed E-state index contributed by atoms with van der Waals surface area (Å²) in [6, 6.07) is 20.3. The molecule has 7 heteroatoms. The van der Waals surface area contributed by atoms with E-state index in [1.807, 2.05) is 12.1 Å². The summed E-state index contributed by atoms with van der Waals surface area (Å²) >= 11 is 1.60. The Hall–Kier alpha value is -3.13. The molecule has 0 spiro atoms. The Morgan fingerprint density at radius 3 is 2.29 bits per heavy atom. The number of likely N-dealkylation sites (tertiary alicyclic amines) is 2. The van der Waals surface area contributed by atoms with Crippen LogP contribution in [-0.4, -0.2) is 66.4 Å². The van der Waals surface area contributed by atoms with Crippen molar-refractivity contribution in [3.05, 3.63) is 77.6 Å². The lowest BCUT2D eigenvalue weighted by molar-refractivity contribution is 0.0261. The van der Waals surface area contributed by atoms with Gasteiger partial charge < -0.3 is 14.6 Å². The summed E-state index contributed by atoms with van der Waals surface area (Å²) in [6.45, 7) is 6.39. The quantitative estimate of drug-likeness (QED) is 0.190. The van der Waals surface area contributed by atoms with Gasteiger partial charge in [0, 0.05) is 28.2 Å². The second-order valence-electron chi connectivity index (χ2n) is 13.1. The van der Waals surface area contributed by atoms with Crippen LogP contribution in [0.25, 0.3) is 20.5 Å². The van der Waals surface area contributed by atoms with Gasteiger partial charge in [-0.05, 0) is 142 Å². The summed E-state index contributed by atoms with van der Waals surface area (Å²) in [5.41, 5.74) is 3.29. The average molecular weight is 629 g/mol. The van der Waals surface area contributed by atoms with Crippen LogP contribution in [0.4, 0.5) is 4.39 Å².